The number of anilines is 1. The molecule has 0 radical (unpaired) electrons. The summed E-state index contributed by atoms with van der Waals surface area (Å²) < 4.78 is 10.1. The van der Waals surface area contributed by atoms with E-state index in [0.29, 0.717) is 24.7 Å². The Morgan fingerprint density at radius 3 is 2.85 bits per heavy atom. The van der Waals surface area contributed by atoms with Crippen molar-refractivity contribution < 1.29 is 19.1 Å². The fourth-order valence-corrected chi connectivity index (χ4v) is 1.49. The van der Waals surface area contributed by atoms with Gasteiger partial charge in [0.05, 0.1) is 13.0 Å². The van der Waals surface area contributed by atoms with Crippen LogP contribution in [0.25, 0.3) is 0 Å². The molecule has 1 N–H and O–H groups in total. The highest BCUT2D eigenvalue weighted by atomic mass is 16.5. The number of rotatable bonds is 8. The molecule has 0 aliphatic carbocycles. The molecular formula is C15H19NO4. The number of ether oxygens (including phenoxy) is 2. The Kier molecular flexibility index (Phi) is 6.89. The van der Waals surface area contributed by atoms with Crippen LogP contribution < -0.4 is 10.1 Å². The molecule has 0 saturated heterocycles. The maximum absolute atomic E-state index is 11.7. The summed E-state index contributed by atoms with van der Waals surface area (Å²) in [5, 5.41) is 2.70. The maximum atomic E-state index is 11.7. The Labute approximate surface area is 118 Å². The van der Waals surface area contributed by atoms with Gasteiger partial charge in [-0.3, -0.25) is 9.59 Å². The van der Waals surface area contributed by atoms with E-state index in [4.69, 9.17) is 9.47 Å². The quantitative estimate of drug-likeness (QED) is 0.586. The van der Waals surface area contributed by atoms with Crippen LogP contribution in [-0.2, 0) is 14.3 Å². The van der Waals surface area contributed by atoms with Gasteiger partial charge in [0.25, 0.3) is 0 Å². The van der Waals surface area contributed by atoms with Crippen molar-refractivity contribution in [3.8, 4) is 5.75 Å². The fraction of sp³-hybridized carbons (Fsp3) is 0.333. The number of nitrogens with one attached hydrogen (secondary N) is 1. The predicted octanol–water partition coefficient (Wildman–Crippen LogP) is 2.53. The van der Waals surface area contributed by atoms with Gasteiger partial charge < -0.3 is 14.8 Å². The van der Waals surface area contributed by atoms with Crippen molar-refractivity contribution in [2.75, 3.05) is 18.5 Å². The van der Waals surface area contributed by atoms with Crippen LogP contribution >= 0.6 is 0 Å². The fourth-order valence-electron chi connectivity index (χ4n) is 1.49. The predicted molar refractivity (Wildman–Crippen MR) is 76.6 cm³/mol. The van der Waals surface area contributed by atoms with Crippen molar-refractivity contribution >= 4 is 17.6 Å². The van der Waals surface area contributed by atoms with E-state index in [1.807, 2.05) is 0 Å². The molecule has 0 aliphatic rings. The molecule has 1 amide bonds. The summed E-state index contributed by atoms with van der Waals surface area (Å²) in [7, 11) is 0. The Morgan fingerprint density at radius 2 is 2.15 bits per heavy atom. The highest BCUT2D eigenvalue weighted by Gasteiger charge is 2.08. The highest BCUT2D eigenvalue weighted by molar-refractivity contribution is 5.92. The van der Waals surface area contributed by atoms with Gasteiger partial charge in [0, 0.05) is 18.2 Å². The second-order valence-electron chi connectivity index (χ2n) is 3.98. The van der Waals surface area contributed by atoms with Gasteiger partial charge >= 0.3 is 5.97 Å². The van der Waals surface area contributed by atoms with Crippen molar-refractivity contribution in [2.24, 2.45) is 0 Å². The van der Waals surface area contributed by atoms with Gasteiger partial charge in [0.2, 0.25) is 5.91 Å². The van der Waals surface area contributed by atoms with E-state index in [1.54, 1.807) is 37.3 Å². The first kappa shape index (κ1) is 15.8. The summed E-state index contributed by atoms with van der Waals surface area (Å²) in [4.78, 5) is 22.8. The summed E-state index contributed by atoms with van der Waals surface area (Å²) in [6.45, 7) is 6.02. The third-order valence-corrected chi connectivity index (χ3v) is 2.35. The Hall–Kier alpha value is -2.30. The molecule has 0 atom stereocenters. The molecule has 1 rings (SSSR count). The number of hydrogen-bond acceptors (Lipinski definition) is 4. The number of carbonyl (C=O) groups is 2. The summed E-state index contributed by atoms with van der Waals surface area (Å²) in [5.74, 6) is 0.0396. The van der Waals surface area contributed by atoms with E-state index in [2.05, 4.69) is 11.9 Å². The molecule has 20 heavy (non-hydrogen) atoms. The molecule has 0 bridgehead atoms. The maximum Gasteiger partial charge on any atom is 0.306 e. The van der Waals surface area contributed by atoms with Gasteiger partial charge in [0.1, 0.15) is 12.4 Å². The topological polar surface area (TPSA) is 64.6 Å². The second-order valence-corrected chi connectivity index (χ2v) is 3.98. The summed E-state index contributed by atoms with van der Waals surface area (Å²) in [6, 6.07) is 7.03. The summed E-state index contributed by atoms with van der Waals surface area (Å²) >= 11 is 0. The van der Waals surface area contributed by atoms with E-state index in [0.717, 1.165) is 0 Å². The molecule has 108 valence electrons. The number of carbonyl (C=O) groups excluding carboxylic acids is 2. The van der Waals surface area contributed by atoms with Crippen LogP contribution in [0.4, 0.5) is 5.69 Å². The lowest BCUT2D eigenvalue weighted by molar-refractivity contribution is -0.144. The van der Waals surface area contributed by atoms with Gasteiger partial charge in [-0.1, -0.05) is 18.7 Å². The molecule has 0 saturated carbocycles. The van der Waals surface area contributed by atoms with Crippen molar-refractivity contribution in [3.05, 3.63) is 36.9 Å². The number of benzene rings is 1. The standard InChI is InChI=1S/C15H19NO4/c1-3-10-20-13-7-5-6-12(11-13)16-14(17)8-9-15(18)19-4-2/h3,5-7,11H,1,4,8-10H2,2H3,(H,16,17). The van der Waals surface area contributed by atoms with Crippen molar-refractivity contribution in [1.82, 2.24) is 0 Å². The van der Waals surface area contributed by atoms with Crippen LogP contribution in [0.2, 0.25) is 0 Å². The van der Waals surface area contributed by atoms with Crippen LogP contribution in [0.15, 0.2) is 36.9 Å². The molecule has 5 nitrogen and oxygen atoms in total. The van der Waals surface area contributed by atoms with Gasteiger partial charge in [-0.25, -0.2) is 0 Å². The summed E-state index contributed by atoms with van der Waals surface area (Å²) in [5.41, 5.74) is 0.625. The van der Waals surface area contributed by atoms with Crippen LogP contribution in [0.5, 0.6) is 5.75 Å². The van der Waals surface area contributed by atoms with E-state index in [-0.39, 0.29) is 24.7 Å². The number of hydrogen-bond donors (Lipinski definition) is 1. The monoisotopic (exact) mass is 277 g/mol. The van der Waals surface area contributed by atoms with E-state index in [9.17, 15) is 9.59 Å². The second kappa shape index (κ2) is 8.74. The Morgan fingerprint density at radius 1 is 1.35 bits per heavy atom. The van der Waals surface area contributed by atoms with Crippen molar-refractivity contribution in [3.63, 3.8) is 0 Å². The minimum absolute atomic E-state index is 0.0757. The third kappa shape index (κ3) is 6.04. The molecule has 1 aromatic carbocycles. The smallest absolute Gasteiger partial charge is 0.306 e. The summed E-state index contributed by atoms with van der Waals surface area (Å²) in [6.07, 6.45) is 1.81. The van der Waals surface area contributed by atoms with Gasteiger partial charge in [0.15, 0.2) is 0 Å². The molecule has 0 heterocycles. The molecular weight excluding hydrogens is 258 g/mol. The number of esters is 1. The van der Waals surface area contributed by atoms with Crippen molar-refractivity contribution in [2.45, 2.75) is 19.8 Å². The van der Waals surface area contributed by atoms with Gasteiger partial charge in [-0.05, 0) is 19.1 Å². The lowest BCUT2D eigenvalue weighted by atomic mass is 10.2. The first-order chi connectivity index (χ1) is 9.65. The zero-order valence-electron chi connectivity index (χ0n) is 11.6. The lowest BCUT2D eigenvalue weighted by Gasteiger charge is -2.08. The minimum Gasteiger partial charge on any atom is -0.489 e. The van der Waals surface area contributed by atoms with Gasteiger partial charge in [-0.15, -0.1) is 0 Å². The first-order valence-electron chi connectivity index (χ1n) is 6.45. The van der Waals surface area contributed by atoms with Crippen LogP contribution in [-0.4, -0.2) is 25.1 Å². The Balaban J connectivity index is 2.45. The van der Waals surface area contributed by atoms with E-state index < -0.39 is 0 Å². The highest BCUT2D eigenvalue weighted by Crippen LogP contribution is 2.17. The zero-order valence-corrected chi connectivity index (χ0v) is 11.6. The normalized spacial score (nSPS) is 9.65. The van der Waals surface area contributed by atoms with Crippen LogP contribution in [0, 0.1) is 0 Å². The average molecular weight is 277 g/mol. The molecule has 0 unspecified atom stereocenters. The zero-order chi connectivity index (χ0) is 14.8. The largest absolute Gasteiger partial charge is 0.489 e. The SMILES string of the molecule is C=CCOc1cccc(NC(=O)CCC(=O)OCC)c1. The first-order valence-corrected chi connectivity index (χ1v) is 6.45. The number of amides is 1. The third-order valence-electron chi connectivity index (χ3n) is 2.35. The van der Waals surface area contributed by atoms with Crippen LogP contribution in [0.1, 0.15) is 19.8 Å². The molecule has 0 aromatic heterocycles. The minimum atomic E-state index is -0.370. The van der Waals surface area contributed by atoms with Gasteiger partial charge in [-0.2, -0.15) is 0 Å². The molecule has 1 aromatic rings. The lowest BCUT2D eigenvalue weighted by Crippen LogP contribution is -2.14. The molecule has 0 aliphatic heterocycles. The van der Waals surface area contributed by atoms with E-state index >= 15 is 0 Å². The molecule has 5 heteroatoms. The molecule has 0 spiro atoms. The Bertz CT molecular complexity index is 471. The average Bonchev–Trinajstić information content (AvgIpc) is 2.44. The van der Waals surface area contributed by atoms with Crippen LogP contribution in [0.3, 0.4) is 0 Å². The van der Waals surface area contributed by atoms with Crippen molar-refractivity contribution in [1.29, 1.82) is 0 Å². The molecule has 0 fully saturated rings. The van der Waals surface area contributed by atoms with E-state index in [1.165, 1.54) is 0 Å².